The molecule has 1 heterocycles. The van der Waals surface area contributed by atoms with Crippen LogP contribution in [0.5, 0.6) is 17.2 Å². The van der Waals surface area contributed by atoms with Gasteiger partial charge in [-0.05, 0) is 55.3 Å². The highest BCUT2D eigenvalue weighted by Crippen LogP contribution is 2.35. The number of hydrogen-bond donors (Lipinski definition) is 0. The van der Waals surface area contributed by atoms with E-state index in [1.165, 1.54) is 11.8 Å². The molecule has 1 aliphatic rings. The van der Waals surface area contributed by atoms with Crippen LogP contribution >= 0.6 is 24.0 Å². The third-order valence-electron chi connectivity index (χ3n) is 4.24. The average molecular weight is 430 g/mol. The van der Waals surface area contributed by atoms with Crippen molar-refractivity contribution in [1.29, 1.82) is 0 Å². The molecular weight excluding hydrogens is 406 g/mol. The molecular formula is C22H23NO4S2. The fourth-order valence-electron chi connectivity index (χ4n) is 2.86. The van der Waals surface area contributed by atoms with E-state index in [9.17, 15) is 4.79 Å². The molecule has 0 spiro atoms. The minimum atomic E-state index is -0.0948. The molecule has 1 aliphatic heterocycles. The van der Waals surface area contributed by atoms with Crippen molar-refractivity contribution in [2.24, 2.45) is 0 Å². The topological polar surface area (TPSA) is 48.0 Å². The number of ether oxygens (including phenoxy) is 3. The number of thioether (sulfide) groups is 1. The molecule has 1 saturated heterocycles. The summed E-state index contributed by atoms with van der Waals surface area (Å²) in [5, 5.41) is 0. The van der Waals surface area contributed by atoms with Crippen molar-refractivity contribution < 1.29 is 19.0 Å². The highest BCUT2D eigenvalue weighted by atomic mass is 32.2. The Balaban J connectivity index is 1.79. The number of carbonyl (C=O) groups is 1. The van der Waals surface area contributed by atoms with Gasteiger partial charge in [0.25, 0.3) is 5.91 Å². The predicted molar refractivity (Wildman–Crippen MR) is 120 cm³/mol. The van der Waals surface area contributed by atoms with Crippen LogP contribution in [0, 0.1) is 0 Å². The Hall–Kier alpha value is -2.51. The van der Waals surface area contributed by atoms with Crippen LogP contribution in [0.1, 0.15) is 25.0 Å². The van der Waals surface area contributed by atoms with Crippen LogP contribution in [0.15, 0.2) is 47.4 Å². The Morgan fingerprint density at radius 1 is 1.03 bits per heavy atom. The lowest BCUT2D eigenvalue weighted by molar-refractivity contribution is -0.122. The van der Waals surface area contributed by atoms with Gasteiger partial charge in [0.05, 0.1) is 31.8 Å². The highest BCUT2D eigenvalue weighted by Gasteiger charge is 2.32. The monoisotopic (exact) mass is 429 g/mol. The molecule has 0 unspecified atom stereocenters. The molecule has 3 rings (SSSR count). The zero-order valence-corrected chi connectivity index (χ0v) is 18.3. The van der Waals surface area contributed by atoms with Crippen LogP contribution in [0.3, 0.4) is 0 Å². The van der Waals surface area contributed by atoms with Crippen LogP contribution in [0.2, 0.25) is 0 Å². The molecule has 0 radical (unpaired) electrons. The maximum absolute atomic E-state index is 12.9. The molecule has 7 heteroatoms. The molecule has 0 bridgehead atoms. The predicted octanol–water partition coefficient (Wildman–Crippen LogP) is 4.89. The number of rotatable bonds is 8. The molecule has 5 nitrogen and oxygen atoms in total. The van der Waals surface area contributed by atoms with Gasteiger partial charge in [-0.2, -0.15) is 0 Å². The first-order valence-corrected chi connectivity index (χ1v) is 10.6. The summed E-state index contributed by atoms with van der Waals surface area (Å²) < 4.78 is 17.0. The molecule has 1 amide bonds. The smallest absolute Gasteiger partial charge is 0.266 e. The normalized spacial score (nSPS) is 15.1. The first-order chi connectivity index (χ1) is 14.0. The fraction of sp³-hybridized carbons (Fsp3) is 0.273. The Kier molecular flexibility index (Phi) is 7.17. The number of thiocarbonyl (C=S) groups is 1. The Morgan fingerprint density at radius 3 is 2.38 bits per heavy atom. The summed E-state index contributed by atoms with van der Waals surface area (Å²) in [5.41, 5.74) is 1.85. The lowest BCUT2D eigenvalue weighted by atomic mass is 10.1. The van der Waals surface area contributed by atoms with E-state index in [4.69, 9.17) is 26.4 Å². The number of benzene rings is 2. The summed E-state index contributed by atoms with van der Waals surface area (Å²) in [4.78, 5) is 15.1. The Bertz CT molecular complexity index is 925. The second-order valence-electron chi connectivity index (χ2n) is 6.19. The summed E-state index contributed by atoms with van der Waals surface area (Å²) in [5.74, 6) is 2.04. The van der Waals surface area contributed by atoms with Gasteiger partial charge in [-0.15, -0.1) is 0 Å². The van der Waals surface area contributed by atoms with Gasteiger partial charge in [-0.25, -0.2) is 0 Å². The SMILES string of the molecule is CCOc1ccc(/C=C2\SC(=S)N(Cc3ccc(OC)cc3)C2=O)cc1OCC. The van der Waals surface area contributed by atoms with Gasteiger partial charge in [0.15, 0.2) is 11.5 Å². The third kappa shape index (κ3) is 5.10. The third-order valence-corrected chi connectivity index (χ3v) is 5.62. The van der Waals surface area contributed by atoms with Gasteiger partial charge >= 0.3 is 0 Å². The maximum atomic E-state index is 12.9. The first-order valence-electron chi connectivity index (χ1n) is 9.33. The standard InChI is InChI=1S/C22H23NO4S2/c1-4-26-18-11-8-16(12-19(18)27-5-2)13-20-21(24)23(22(28)29-20)14-15-6-9-17(25-3)10-7-15/h6-13H,4-5,14H2,1-3H3/b20-13-. The van der Waals surface area contributed by atoms with Crippen LogP contribution in [0.4, 0.5) is 0 Å². The quantitative estimate of drug-likeness (QED) is 0.440. The lowest BCUT2D eigenvalue weighted by Crippen LogP contribution is -2.27. The van der Waals surface area contributed by atoms with Gasteiger partial charge in [0.2, 0.25) is 0 Å². The summed E-state index contributed by atoms with van der Waals surface area (Å²) in [6.07, 6.45) is 1.84. The van der Waals surface area contributed by atoms with E-state index in [0.717, 1.165) is 16.9 Å². The Morgan fingerprint density at radius 2 is 1.72 bits per heavy atom. The Labute approximate surface area is 180 Å². The van der Waals surface area contributed by atoms with Crippen molar-refractivity contribution in [1.82, 2.24) is 4.90 Å². The van der Waals surface area contributed by atoms with E-state index in [1.807, 2.05) is 62.4 Å². The summed E-state index contributed by atoms with van der Waals surface area (Å²) in [7, 11) is 1.62. The fourth-order valence-corrected chi connectivity index (χ4v) is 4.11. The average Bonchev–Trinajstić information content (AvgIpc) is 2.98. The zero-order chi connectivity index (χ0) is 20.8. The van der Waals surface area contributed by atoms with E-state index in [-0.39, 0.29) is 5.91 Å². The molecule has 0 saturated carbocycles. The highest BCUT2D eigenvalue weighted by molar-refractivity contribution is 8.26. The van der Waals surface area contributed by atoms with E-state index in [2.05, 4.69) is 0 Å². The van der Waals surface area contributed by atoms with Crippen LogP contribution in [0.25, 0.3) is 6.08 Å². The molecule has 152 valence electrons. The molecule has 29 heavy (non-hydrogen) atoms. The number of amides is 1. The minimum absolute atomic E-state index is 0.0948. The van der Waals surface area contributed by atoms with Gasteiger partial charge in [0.1, 0.15) is 10.1 Å². The van der Waals surface area contributed by atoms with Gasteiger partial charge in [0, 0.05) is 0 Å². The maximum Gasteiger partial charge on any atom is 0.266 e. The van der Waals surface area contributed by atoms with E-state index >= 15 is 0 Å². The molecule has 0 aromatic heterocycles. The number of carbonyl (C=O) groups excluding carboxylic acids is 1. The second kappa shape index (κ2) is 9.80. The number of nitrogens with zero attached hydrogens (tertiary/aromatic N) is 1. The van der Waals surface area contributed by atoms with Gasteiger partial charge < -0.3 is 14.2 Å². The largest absolute Gasteiger partial charge is 0.497 e. The van der Waals surface area contributed by atoms with Crippen molar-refractivity contribution in [2.45, 2.75) is 20.4 Å². The zero-order valence-electron chi connectivity index (χ0n) is 16.6. The molecule has 0 N–H and O–H groups in total. The second-order valence-corrected chi connectivity index (χ2v) is 7.86. The van der Waals surface area contributed by atoms with E-state index < -0.39 is 0 Å². The summed E-state index contributed by atoms with van der Waals surface area (Å²) >= 11 is 6.75. The van der Waals surface area contributed by atoms with Crippen LogP contribution in [-0.4, -0.2) is 35.5 Å². The van der Waals surface area contributed by atoms with Crippen LogP contribution in [-0.2, 0) is 11.3 Å². The molecule has 2 aromatic rings. The van der Waals surface area contributed by atoms with E-state index in [1.54, 1.807) is 12.0 Å². The van der Waals surface area contributed by atoms with Crippen molar-refractivity contribution in [2.75, 3.05) is 20.3 Å². The van der Waals surface area contributed by atoms with Crippen molar-refractivity contribution in [3.63, 3.8) is 0 Å². The summed E-state index contributed by atoms with van der Waals surface area (Å²) in [6.45, 7) is 5.38. The minimum Gasteiger partial charge on any atom is -0.497 e. The van der Waals surface area contributed by atoms with Gasteiger partial charge in [-0.1, -0.05) is 42.2 Å². The lowest BCUT2D eigenvalue weighted by Gasteiger charge is -2.14. The molecule has 0 aliphatic carbocycles. The molecule has 0 atom stereocenters. The molecule has 2 aromatic carbocycles. The number of hydrogen-bond acceptors (Lipinski definition) is 6. The van der Waals surface area contributed by atoms with Crippen molar-refractivity contribution in [3.8, 4) is 17.2 Å². The summed E-state index contributed by atoms with van der Waals surface area (Å²) in [6, 6.07) is 13.3. The number of methoxy groups -OCH3 is 1. The van der Waals surface area contributed by atoms with Gasteiger partial charge in [-0.3, -0.25) is 9.69 Å². The molecule has 1 fully saturated rings. The van der Waals surface area contributed by atoms with E-state index in [0.29, 0.717) is 40.5 Å². The van der Waals surface area contributed by atoms with Crippen molar-refractivity contribution >= 4 is 40.3 Å². The van der Waals surface area contributed by atoms with Crippen molar-refractivity contribution in [3.05, 3.63) is 58.5 Å². The first kappa shape index (κ1) is 21.2. The van der Waals surface area contributed by atoms with Crippen LogP contribution < -0.4 is 14.2 Å².